The second-order valence-corrected chi connectivity index (χ2v) is 7.77. The molecule has 1 aromatic heterocycles. The predicted octanol–water partition coefficient (Wildman–Crippen LogP) is 5.61. The molecule has 0 saturated carbocycles. The molecule has 1 N–H and O–H groups in total. The van der Waals surface area contributed by atoms with E-state index in [4.69, 9.17) is 27.9 Å². The Labute approximate surface area is 176 Å². The van der Waals surface area contributed by atoms with Crippen LogP contribution in [-0.2, 0) is 9.53 Å². The van der Waals surface area contributed by atoms with Crippen molar-refractivity contribution in [2.45, 2.75) is 20.0 Å². The number of carbonyl (C=O) groups is 2. The Kier molecular flexibility index (Phi) is 6.34. The van der Waals surface area contributed by atoms with Crippen LogP contribution in [0.2, 0.25) is 10.0 Å². The molecule has 0 spiro atoms. The van der Waals surface area contributed by atoms with Gasteiger partial charge in [0, 0.05) is 16.0 Å². The first-order valence-electron chi connectivity index (χ1n) is 8.33. The SMILES string of the molecule is Cc1ccc(-c2nc(C(=O)OC(C)C(=O)Nc3cc(Cl)ccc3Cl)cs2)cc1. The Hall–Kier alpha value is -2.41. The maximum atomic E-state index is 12.3. The van der Waals surface area contributed by atoms with Crippen LogP contribution in [0, 0.1) is 6.92 Å². The first kappa shape index (κ1) is 20.3. The van der Waals surface area contributed by atoms with Crippen LogP contribution >= 0.6 is 34.5 Å². The number of halogens is 2. The van der Waals surface area contributed by atoms with Crippen LogP contribution in [0.3, 0.4) is 0 Å². The van der Waals surface area contributed by atoms with Gasteiger partial charge in [-0.2, -0.15) is 0 Å². The Morgan fingerprint density at radius 1 is 1.14 bits per heavy atom. The summed E-state index contributed by atoms with van der Waals surface area (Å²) in [6, 6.07) is 12.5. The van der Waals surface area contributed by atoms with Crippen molar-refractivity contribution in [2.24, 2.45) is 0 Å². The summed E-state index contributed by atoms with van der Waals surface area (Å²) < 4.78 is 5.23. The van der Waals surface area contributed by atoms with Gasteiger partial charge in [0.25, 0.3) is 5.91 Å². The molecular formula is C20H16Cl2N2O3S. The molecule has 0 aliphatic rings. The third kappa shape index (κ3) is 4.90. The maximum Gasteiger partial charge on any atom is 0.358 e. The third-order valence-corrected chi connectivity index (χ3v) is 5.31. The minimum atomic E-state index is -1.04. The summed E-state index contributed by atoms with van der Waals surface area (Å²) in [5, 5.41) is 5.66. The van der Waals surface area contributed by atoms with Gasteiger partial charge in [-0.3, -0.25) is 4.79 Å². The third-order valence-electron chi connectivity index (χ3n) is 3.85. The molecule has 5 nitrogen and oxygen atoms in total. The molecule has 1 heterocycles. The number of nitrogens with one attached hydrogen (secondary N) is 1. The Morgan fingerprint density at radius 2 is 1.86 bits per heavy atom. The molecule has 0 bridgehead atoms. The first-order chi connectivity index (χ1) is 13.3. The van der Waals surface area contributed by atoms with Gasteiger partial charge < -0.3 is 10.1 Å². The molecule has 0 aliphatic carbocycles. The molecule has 8 heteroatoms. The zero-order valence-corrected chi connectivity index (χ0v) is 17.4. The van der Waals surface area contributed by atoms with Gasteiger partial charge in [0.15, 0.2) is 11.8 Å². The molecule has 1 amide bonds. The highest BCUT2D eigenvalue weighted by Gasteiger charge is 2.22. The quantitative estimate of drug-likeness (QED) is 0.529. The Bertz CT molecular complexity index is 1020. The van der Waals surface area contributed by atoms with E-state index in [2.05, 4.69) is 10.3 Å². The van der Waals surface area contributed by atoms with Crippen molar-refractivity contribution in [1.29, 1.82) is 0 Å². The lowest BCUT2D eigenvalue weighted by Crippen LogP contribution is -2.30. The topological polar surface area (TPSA) is 68.3 Å². The molecule has 0 fully saturated rings. The smallest absolute Gasteiger partial charge is 0.358 e. The average molecular weight is 435 g/mol. The van der Waals surface area contributed by atoms with E-state index in [1.54, 1.807) is 17.5 Å². The first-order valence-corrected chi connectivity index (χ1v) is 9.96. The lowest BCUT2D eigenvalue weighted by atomic mass is 10.2. The van der Waals surface area contributed by atoms with E-state index in [0.29, 0.717) is 20.7 Å². The van der Waals surface area contributed by atoms with Gasteiger partial charge in [-0.05, 0) is 32.0 Å². The number of hydrogen-bond donors (Lipinski definition) is 1. The van der Waals surface area contributed by atoms with Crippen molar-refractivity contribution >= 4 is 52.1 Å². The fourth-order valence-corrected chi connectivity index (χ4v) is 3.43. The second kappa shape index (κ2) is 8.73. The van der Waals surface area contributed by atoms with Gasteiger partial charge in [0.2, 0.25) is 0 Å². The molecule has 0 radical (unpaired) electrons. The number of carbonyl (C=O) groups excluding carboxylic acids is 2. The number of hydrogen-bond acceptors (Lipinski definition) is 5. The van der Waals surface area contributed by atoms with E-state index in [0.717, 1.165) is 11.1 Å². The van der Waals surface area contributed by atoms with Gasteiger partial charge in [0.05, 0.1) is 10.7 Å². The normalized spacial score (nSPS) is 11.7. The summed E-state index contributed by atoms with van der Waals surface area (Å²) in [5.74, 6) is -1.19. The standard InChI is InChI=1S/C20H16Cl2N2O3S/c1-11-3-5-13(6-4-11)19-24-17(10-28-19)20(26)27-12(2)18(25)23-16-9-14(21)7-8-15(16)22/h3-10,12H,1-2H3,(H,23,25). The molecule has 28 heavy (non-hydrogen) atoms. The van der Waals surface area contributed by atoms with E-state index in [-0.39, 0.29) is 5.69 Å². The monoisotopic (exact) mass is 434 g/mol. The zero-order chi connectivity index (χ0) is 20.3. The van der Waals surface area contributed by atoms with Crippen LogP contribution < -0.4 is 5.32 Å². The predicted molar refractivity (Wildman–Crippen MR) is 112 cm³/mol. The number of esters is 1. The van der Waals surface area contributed by atoms with E-state index in [9.17, 15) is 9.59 Å². The highest BCUT2D eigenvalue weighted by Crippen LogP contribution is 2.26. The molecule has 1 unspecified atom stereocenters. The number of rotatable bonds is 5. The van der Waals surface area contributed by atoms with E-state index >= 15 is 0 Å². The molecule has 3 aromatic rings. The largest absolute Gasteiger partial charge is 0.448 e. The van der Waals surface area contributed by atoms with Gasteiger partial charge in [-0.1, -0.05) is 53.0 Å². The minimum Gasteiger partial charge on any atom is -0.448 e. The fraction of sp³-hybridized carbons (Fsp3) is 0.150. The highest BCUT2D eigenvalue weighted by atomic mass is 35.5. The van der Waals surface area contributed by atoms with Gasteiger partial charge >= 0.3 is 5.97 Å². The van der Waals surface area contributed by atoms with Crippen LogP contribution in [0.5, 0.6) is 0 Å². The summed E-state index contributed by atoms with van der Waals surface area (Å²) in [6.45, 7) is 3.47. The number of anilines is 1. The van der Waals surface area contributed by atoms with Crippen molar-refractivity contribution in [2.75, 3.05) is 5.32 Å². The lowest BCUT2D eigenvalue weighted by molar-refractivity contribution is -0.123. The van der Waals surface area contributed by atoms with E-state index in [1.807, 2.05) is 31.2 Å². The van der Waals surface area contributed by atoms with E-state index < -0.39 is 18.0 Å². The van der Waals surface area contributed by atoms with Gasteiger partial charge in [-0.25, -0.2) is 9.78 Å². The summed E-state index contributed by atoms with van der Waals surface area (Å²) in [5.41, 5.74) is 2.55. The molecule has 3 rings (SSSR count). The summed E-state index contributed by atoms with van der Waals surface area (Å²) in [7, 11) is 0. The fourth-order valence-electron chi connectivity index (χ4n) is 2.30. The molecular weight excluding hydrogens is 419 g/mol. The van der Waals surface area contributed by atoms with Crippen molar-refractivity contribution in [3.63, 3.8) is 0 Å². The Morgan fingerprint density at radius 3 is 2.57 bits per heavy atom. The number of benzene rings is 2. The minimum absolute atomic E-state index is 0.154. The van der Waals surface area contributed by atoms with Crippen LogP contribution in [0.25, 0.3) is 10.6 Å². The summed E-state index contributed by atoms with van der Waals surface area (Å²) >= 11 is 13.3. The summed E-state index contributed by atoms with van der Waals surface area (Å²) in [4.78, 5) is 28.9. The van der Waals surface area contributed by atoms with Crippen LogP contribution in [-0.4, -0.2) is 23.0 Å². The number of nitrogens with zero attached hydrogens (tertiary/aromatic N) is 1. The molecule has 0 saturated heterocycles. The van der Waals surface area contributed by atoms with Crippen molar-refractivity contribution in [3.05, 3.63) is 69.1 Å². The molecule has 144 valence electrons. The number of aryl methyl sites for hydroxylation is 1. The zero-order valence-electron chi connectivity index (χ0n) is 15.0. The lowest BCUT2D eigenvalue weighted by Gasteiger charge is -2.13. The van der Waals surface area contributed by atoms with Crippen LogP contribution in [0.4, 0.5) is 5.69 Å². The number of thiazole rings is 1. The van der Waals surface area contributed by atoms with Gasteiger partial charge in [0.1, 0.15) is 5.01 Å². The van der Waals surface area contributed by atoms with Crippen LogP contribution in [0.15, 0.2) is 47.8 Å². The maximum absolute atomic E-state index is 12.3. The molecule has 2 aromatic carbocycles. The molecule has 0 aliphatic heterocycles. The molecule has 1 atom stereocenters. The van der Waals surface area contributed by atoms with E-state index in [1.165, 1.54) is 24.3 Å². The van der Waals surface area contributed by atoms with Crippen LogP contribution in [0.1, 0.15) is 23.0 Å². The number of amides is 1. The van der Waals surface area contributed by atoms with Crippen molar-refractivity contribution in [1.82, 2.24) is 4.98 Å². The summed E-state index contributed by atoms with van der Waals surface area (Å²) in [6.07, 6.45) is -1.04. The second-order valence-electron chi connectivity index (χ2n) is 6.06. The number of aromatic nitrogens is 1. The highest BCUT2D eigenvalue weighted by molar-refractivity contribution is 7.13. The van der Waals surface area contributed by atoms with Crippen molar-refractivity contribution in [3.8, 4) is 10.6 Å². The Balaban J connectivity index is 1.64. The number of ether oxygens (including phenoxy) is 1. The average Bonchev–Trinajstić information content (AvgIpc) is 3.15. The van der Waals surface area contributed by atoms with Gasteiger partial charge in [-0.15, -0.1) is 11.3 Å². The van der Waals surface area contributed by atoms with Crippen molar-refractivity contribution < 1.29 is 14.3 Å².